The Morgan fingerprint density at radius 3 is 2.32 bits per heavy atom. The minimum Gasteiger partial charge on any atom is -0.391 e. The van der Waals surface area contributed by atoms with E-state index in [2.05, 4.69) is 12.2 Å². The molecule has 0 heterocycles. The number of aliphatic hydroxyl groups is 1. The van der Waals surface area contributed by atoms with Crippen LogP contribution in [0, 0.1) is 0 Å². The fourth-order valence-electron chi connectivity index (χ4n) is 2.31. The maximum Gasteiger partial charge on any atom is 0.243 e. The summed E-state index contributed by atoms with van der Waals surface area (Å²) in [5.74, 6) is -0.362. The van der Waals surface area contributed by atoms with E-state index in [1.807, 2.05) is 24.3 Å². The van der Waals surface area contributed by atoms with E-state index < -0.39 is 12.1 Å². The van der Waals surface area contributed by atoms with Crippen molar-refractivity contribution in [3.63, 3.8) is 0 Å². The van der Waals surface area contributed by atoms with Crippen LogP contribution in [-0.4, -0.2) is 23.2 Å². The number of hydrogen-bond acceptors (Lipinski definition) is 3. The van der Waals surface area contributed by atoms with Crippen molar-refractivity contribution in [1.29, 1.82) is 0 Å². The normalized spacial score (nSPS) is 13.6. The summed E-state index contributed by atoms with van der Waals surface area (Å²) in [5.41, 5.74) is 7.59. The fourth-order valence-corrected chi connectivity index (χ4v) is 2.31. The van der Waals surface area contributed by atoms with Crippen LogP contribution in [0.3, 0.4) is 0 Å². The summed E-state index contributed by atoms with van der Waals surface area (Å²) in [6, 6.07) is 6.95. The molecule has 0 aliphatic rings. The molecule has 4 nitrogen and oxygen atoms in total. The molecule has 0 spiro atoms. The van der Waals surface area contributed by atoms with E-state index in [9.17, 15) is 9.90 Å². The molecule has 0 saturated heterocycles. The smallest absolute Gasteiger partial charge is 0.243 e. The first kappa shape index (κ1) is 18.7. The zero-order valence-electron chi connectivity index (χ0n) is 13.8. The van der Waals surface area contributed by atoms with Gasteiger partial charge in [0.25, 0.3) is 0 Å². The Labute approximate surface area is 134 Å². The topological polar surface area (TPSA) is 75.4 Å². The largest absolute Gasteiger partial charge is 0.391 e. The van der Waals surface area contributed by atoms with Gasteiger partial charge in [0.1, 0.15) is 6.04 Å². The van der Waals surface area contributed by atoms with Gasteiger partial charge in [-0.15, -0.1) is 0 Å². The van der Waals surface area contributed by atoms with E-state index >= 15 is 0 Å². The first-order valence-corrected chi connectivity index (χ1v) is 8.38. The van der Waals surface area contributed by atoms with Crippen LogP contribution >= 0.6 is 0 Å². The molecule has 1 amide bonds. The van der Waals surface area contributed by atoms with Crippen LogP contribution in [-0.2, 0) is 11.2 Å². The standard InChI is InChI=1S/C18H30N2O2/c1-3-4-5-6-7-8-9-15-10-12-16(13-11-15)20-18(22)17(19)14(2)21/h10-14,17,21H,3-9,19H2,1-2H3,(H,20,22)/t14-,17?/m0/s1. The summed E-state index contributed by atoms with van der Waals surface area (Å²) in [5, 5.41) is 12.0. The van der Waals surface area contributed by atoms with Crippen LogP contribution in [0.5, 0.6) is 0 Å². The number of carbonyl (C=O) groups excluding carboxylic acids is 1. The molecule has 0 fully saturated rings. The number of nitrogens with one attached hydrogen (secondary N) is 1. The molecule has 2 atom stereocenters. The highest BCUT2D eigenvalue weighted by Crippen LogP contribution is 2.14. The van der Waals surface area contributed by atoms with Crippen molar-refractivity contribution in [3.8, 4) is 0 Å². The van der Waals surface area contributed by atoms with Crippen molar-refractivity contribution in [3.05, 3.63) is 29.8 Å². The Bertz CT molecular complexity index is 429. The molecular formula is C18H30N2O2. The number of amides is 1. The molecule has 0 saturated carbocycles. The number of benzene rings is 1. The van der Waals surface area contributed by atoms with Crippen LogP contribution < -0.4 is 11.1 Å². The number of aliphatic hydroxyl groups excluding tert-OH is 1. The molecule has 4 N–H and O–H groups in total. The molecule has 1 rings (SSSR count). The zero-order valence-corrected chi connectivity index (χ0v) is 13.8. The predicted molar refractivity (Wildman–Crippen MR) is 91.8 cm³/mol. The van der Waals surface area contributed by atoms with Gasteiger partial charge in [0.05, 0.1) is 6.10 Å². The van der Waals surface area contributed by atoms with Crippen molar-refractivity contribution in [1.82, 2.24) is 0 Å². The lowest BCUT2D eigenvalue weighted by Crippen LogP contribution is -2.43. The number of carbonyl (C=O) groups is 1. The van der Waals surface area contributed by atoms with Crippen LogP contribution in [0.15, 0.2) is 24.3 Å². The number of rotatable bonds is 10. The van der Waals surface area contributed by atoms with E-state index in [1.54, 1.807) is 0 Å². The van der Waals surface area contributed by atoms with E-state index in [0.29, 0.717) is 5.69 Å². The van der Waals surface area contributed by atoms with Gasteiger partial charge in [-0.25, -0.2) is 0 Å². The third-order valence-electron chi connectivity index (χ3n) is 3.86. The molecule has 0 aliphatic carbocycles. The Kier molecular flexibility index (Phi) is 8.78. The maximum atomic E-state index is 11.7. The van der Waals surface area contributed by atoms with Gasteiger partial charge in [0.15, 0.2) is 0 Å². The van der Waals surface area contributed by atoms with E-state index in [-0.39, 0.29) is 5.91 Å². The van der Waals surface area contributed by atoms with Crippen molar-refractivity contribution < 1.29 is 9.90 Å². The highest BCUT2D eigenvalue weighted by molar-refractivity contribution is 5.95. The summed E-state index contributed by atoms with van der Waals surface area (Å²) in [7, 11) is 0. The maximum absolute atomic E-state index is 11.7. The Hall–Kier alpha value is -1.39. The number of nitrogens with two attached hydrogens (primary N) is 1. The molecule has 0 aliphatic heterocycles. The number of aryl methyl sites for hydroxylation is 1. The molecule has 0 bridgehead atoms. The summed E-state index contributed by atoms with van der Waals surface area (Å²) >= 11 is 0. The van der Waals surface area contributed by atoms with Crippen LogP contribution in [0.1, 0.15) is 57.9 Å². The molecular weight excluding hydrogens is 276 g/mol. The summed E-state index contributed by atoms with van der Waals surface area (Å²) in [6.45, 7) is 3.74. The van der Waals surface area contributed by atoms with Gasteiger partial charge in [-0.2, -0.15) is 0 Å². The van der Waals surface area contributed by atoms with Crippen molar-refractivity contribution in [2.24, 2.45) is 5.73 Å². The molecule has 1 aromatic carbocycles. The second kappa shape index (κ2) is 10.4. The third-order valence-corrected chi connectivity index (χ3v) is 3.86. The number of unbranched alkanes of at least 4 members (excludes halogenated alkanes) is 5. The highest BCUT2D eigenvalue weighted by atomic mass is 16.3. The Morgan fingerprint density at radius 2 is 1.73 bits per heavy atom. The number of hydrogen-bond donors (Lipinski definition) is 3. The first-order chi connectivity index (χ1) is 10.5. The number of anilines is 1. The lowest BCUT2D eigenvalue weighted by Gasteiger charge is -2.14. The SMILES string of the molecule is CCCCCCCCc1ccc(NC(=O)C(N)[C@H](C)O)cc1. The predicted octanol–water partition coefficient (Wildman–Crippen LogP) is 3.24. The minimum atomic E-state index is -0.900. The van der Waals surface area contributed by atoms with Gasteiger partial charge in [-0.1, -0.05) is 51.2 Å². The zero-order chi connectivity index (χ0) is 16.4. The van der Waals surface area contributed by atoms with Crippen molar-refractivity contribution in [2.45, 2.75) is 70.9 Å². The first-order valence-electron chi connectivity index (χ1n) is 8.38. The van der Waals surface area contributed by atoms with Crippen LogP contribution in [0.4, 0.5) is 5.69 Å². The van der Waals surface area contributed by atoms with Gasteiger partial charge in [-0.3, -0.25) is 4.79 Å². The van der Waals surface area contributed by atoms with Crippen LogP contribution in [0.2, 0.25) is 0 Å². The lowest BCUT2D eigenvalue weighted by molar-refractivity contribution is -0.119. The van der Waals surface area contributed by atoms with E-state index in [0.717, 1.165) is 6.42 Å². The molecule has 1 aromatic rings. The van der Waals surface area contributed by atoms with Crippen molar-refractivity contribution in [2.75, 3.05) is 5.32 Å². The average molecular weight is 306 g/mol. The summed E-state index contributed by atoms with van der Waals surface area (Å²) in [6.07, 6.45) is 7.99. The van der Waals surface area contributed by atoms with Gasteiger partial charge in [-0.05, 0) is 37.5 Å². The van der Waals surface area contributed by atoms with Crippen LogP contribution in [0.25, 0.3) is 0 Å². The van der Waals surface area contributed by atoms with E-state index in [1.165, 1.54) is 51.0 Å². The van der Waals surface area contributed by atoms with Gasteiger partial charge < -0.3 is 16.2 Å². The van der Waals surface area contributed by atoms with E-state index in [4.69, 9.17) is 5.73 Å². The highest BCUT2D eigenvalue weighted by Gasteiger charge is 2.18. The second-order valence-corrected chi connectivity index (χ2v) is 5.97. The fraction of sp³-hybridized carbons (Fsp3) is 0.611. The van der Waals surface area contributed by atoms with Gasteiger partial charge >= 0.3 is 0 Å². The Morgan fingerprint density at radius 1 is 1.14 bits per heavy atom. The van der Waals surface area contributed by atoms with Crippen molar-refractivity contribution >= 4 is 11.6 Å². The minimum absolute atomic E-state index is 0.362. The monoisotopic (exact) mass is 306 g/mol. The molecule has 4 heteroatoms. The van der Waals surface area contributed by atoms with Gasteiger partial charge in [0, 0.05) is 5.69 Å². The summed E-state index contributed by atoms with van der Waals surface area (Å²) in [4.78, 5) is 11.7. The lowest BCUT2D eigenvalue weighted by atomic mass is 10.0. The Balaban J connectivity index is 2.32. The average Bonchev–Trinajstić information content (AvgIpc) is 2.51. The molecule has 1 unspecified atom stereocenters. The molecule has 124 valence electrons. The molecule has 0 radical (unpaired) electrons. The summed E-state index contributed by atoms with van der Waals surface area (Å²) < 4.78 is 0. The molecule has 0 aromatic heterocycles. The third kappa shape index (κ3) is 7.05. The quantitative estimate of drug-likeness (QED) is 0.581. The second-order valence-electron chi connectivity index (χ2n) is 5.97. The molecule has 22 heavy (non-hydrogen) atoms. The van der Waals surface area contributed by atoms with Gasteiger partial charge in [0.2, 0.25) is 5.91 Å².